The van der Waals surface area contributed by atoms with E-state index in [1.165, 1.54) is 12.1 Å². The highest BCUT2D eigenvalue weighted by Crippen LogP contribution is 2.28. The number of para-hydroxylation sites is 1. The van der Waals surface area contributed by atoms with Gasteiger partial charge >= 0.3 is 0 Å². The van der Waals surface area contributed by atoms with E-state index in [1.807, 2.05) is 17.9 Å². The van der Waals surface area contributed by atoms with Crippen molar-refractivity contribution in [3.05, 3.63) is 30.3 Å². The van der Waals surface area contributed by atoms with E-state index in [9.17, 15) is 4.79 Å². The van der Waals surface area contributed by atoms with Crippen molar-refractivity contribution in [1.29, 1.82) is 0 Å². The Kier molecular flexibility index (Phi) is 5.79. The number of aliphatic imine (C=N–C) groups is 1. The van der Waals surface area contributed by atoms with Gasteiger partial charge in [-0.15, -0.1) is 0 Å². The van der Waals surface area contributed by atoms with E-state index in [0.29, 0.717) is 12.0 Å². The third-order valence-electron chi connectivity index (χ3n) is 4.90. The molecule has 1 amide bonds. The summed E-state index contributed by atoms with van der Waals surface area (Å²) in [5, 5.41) is 6.61. The van der Waals surface area contributed by atoms with Crippen LogP contribution in [0.5, 0.6) is 0 Å². The van der Waals surface area contributed by atoms with E-state index in [1.54, 1.807) is 0 Å². The Morgan fingerprint density at radius 1 is 1.20 bits per heavy atom. The molecule has 136 valence electrons. The molecule has 1 saturated carbocycles. The Bertz CT molecular complexity index is 595. The van der Waals surface area contributed by atoms with Crippen LogP contribution < -0.4 is 15.5 Å². The summed E-state index contributed by atoms with van der Waals surface area (Å²) in [7, 11) is 0. The molecule has 2 aliphatic rings. The van der Waals surface area contributed by atoms with Gasteiger partial charge in [-0.05, 0) is 31.4 Å². The molecular weight excluding hydrogens is 314 g/mol. The zero-order valence-corrected chi connectivity index (χ0v) is 15.2. The lowest BCUT2D eigenvalue weighted by Gasteiger charge is -2.36. The SMILES string of the molecule is CCNC(=NCC(=O)N1CCN(c2ccccc2)CC1)NC1CC1C. The monoisotopic (exact) mass is 343 g/mol. The van der Waals surface area contributed by atoms with E-state index in [2.05, 4.69) is 51.7 Å². The quantitative estimate of drug-likeness (QED) is 0.625. The smallest absolute Gasteiger partial charge is 0.244 e. The molecule has 6 heteroatoms. The fourth-order valence-electron chi connectivity index (χ4n) is 3.12. The molecule has 3 rings (SSSR count). The number of hydrogen-bond acceptors (Lipinski definition) is 3. The lowest BCUT2D eigenvalue weighted by molar-refractivity contribution is -0.129. The van der Waals surface area contributed by atoms with Gasteiger partial charge in [0.2, 0.25) is 5.91 Å². The minimum atomic E-state index is 0.105. The van der Waals surface area contributed by atoms with Crippen LogP contribution in [0.25, 0.3) is 0 Å². The molecule has 2 N–H and O–H groups in total. The predicted molar refractivity (Wildman–Crippen MR) is 102 cm³/mol. The molecule has 2 fully saturated rings. The molecule has 1 aromatic carbocycles. The van der Waals surface area contributed by atoms with Crippen molar-refractivity contribution >= 4 is 17.6 Å². The number of amides is 1. The number of piperazine rings is 1. The maximum Gasteiger partial charge on any atom is 0.244 e. The van der Waals surface area contributed by atoms with Gasteiger partial charge in [0.05, 0.1) is 0 Å². The van der Waals surface area contributed by atoms with Crippen molar-refractivity contribution in [1.82, 2.24) is 15.5 Å². The summed E-state index contributed by atoms with van der Waals surface area (Å²) in [6.45, 7) is 8.53. The fraction of sp³-hybridized carbons (Fsp3) is 0.579. The van der Waals surface area contributed by atoms with Gasteiger partial charge in [0.1, 0.15) is 6.54 Å². The van der Waals surface area contributed by atoms with Crippen LogP contribution in [0, 0.1) is 5.92 Å². The summed E-state index contributed by atoms with van der Waals surface area (Å²) >= 11 is 0. The van der Waals surface area contributed by atoms with E-state index in [0.717, 1.165) is 38.7 Å². The van der Waals surface area contributed by atoms with Crippen LogP contribution in [0.15, 0.2) is 35.3 Å². The van der Waals surface area contributed by atoms with E-state index in [4.69, 9.17) is 0 Å². The molecule has 1 aliphatic carbocycles. The van der Waals surface area contributed by atoms with Crippen LogP contribution in [0.4, 0.5) is 5.69 Å². The second-order valence-electron chi connectivity index (χ2n) is 6.86. The molecular formula is C19H29N5O. The zero-order valence-electron chi connectivity index (χ0n) is 15.2. The van der Waals surface area contributed by atoms with Crippen molar-refractivity contribution in [2.24, 2.45) is 10.9 Å². The minimum Gasteiger partial charge on any atom is -0.368 e. The van der Waals surface area contributed by atoms with E-state index >= 15 is 0 Å². The first kappa shape index (κ1) is 17.6. The Balaban J connectivity index is 1.47. The lowest BCUT2D eigenvalue weighted by atomic mass is 10.2. The standard InChI is InChI=1S/C19H29N5O/c1-3-20-19(22-17-13-15(17)2)21-14-18(25)24-11-9-23(10-12-24)16-7-5-4-6-8-16/h4-8,15,17H,3,9-14H2,1-2H3,(H2,20,21,22). The number of nitrogens with zero attached hydrogens (tertiary/aromatic N) is 3. The summed E-state index contributed by atoms with van der Waals surface area (Å²) in [5.41, 5.74) is 1.23. The Labute approximate surface area is 150 Å². The highest BCUT2D eigenvalue weighted by atomic mass is 16.2. The molecule has 0 bridgehead atoms. The second kappa shape index (κ2) is 8.23. The molecule has 1 aromatic rings. The van der Waals surface area contributed by atoms with Crippen molar-refractivity contribution in [2.45, 2.75) is 26.3 Å². The van der Waals surface area contributed by atoms with Crippen molar-refractivity contribution in [2.75, 3.05) is 44.2 Å². The molecule has 0 aromatic heterocycles. The molecule has 0 radical (unpaired) electrons. The van der Waals surface area contributed by atoms with Crippen molar-refractivity contribution in [3.63, 3.8) is 0 Å². The fourth-order valence-corrected chi connectivity index (χ4v) is 3.12. The number of carbonyl (C=O) groups excluding carboxylic acids is 1. The maximum absolute atomic E-state index is 12.5. The molecule has 2 atom stereocenters. The highest BCUT2D eigenvalue weighted by molar-refractivity contribution is 5.85. The van der Waals surface area contributed by atoms with Gasteiger partial charge in [-0.3, -0.25) is 4.79 Å². The molecule has 2 unspecified atom stereocenters. The third kappa shape index (κ3) is 4.87. The summed E-state index contributed by atoms with van der Waals surface area (Å²) in [6, 6.07) is 10.9. The number of rotatable bonds is 5. The first-order valence-electron chi connectivity index (χ1n) is 9.30. The predicted octanol–water partition coefficient (Wildman–Crippen LogP) is 1.30. The minimum absolute atomic E-state index is 0.105. The Hall–Kier alpha value is -2.24. The summed E-state index contributed by atoms with van der Waals surface area (Å²) in [4.78, 5) is 21.2. The number of nitrogens with one attached hydrogen (secondary N) is 2. The van der Waals surface area contributed by atoms with Gasteiger partial charge in [-0.2, -0.15) is 0 Å². The molecule has 0 spiro atoms. The van der Waals surface area contributed by atoms with Gasteiger partial charge < -0.3 is 20.4 Å². The molecule has 1 aliphatic heterocycles. The van der Waals surface area contributed by atoms with Crippen LogP contribution in [0.1, 0.15) is 20.3 Å². The molecule has 25 heavy (non-hydrogen) atoms. The van der Waals surface area contributed by atoms with Crippen molar-refractivity contribution < 1.29 is 4.79 Å². The molecule has 1 heterocycles. The average Bonchev–Trinajstić information content (AvgIpc) is 3.35. The maximum atomic E-state index is 12.5. The number of anilines is 1. The van der Waals surface area contributed by atoms with E-state index < -0.39 is 0 Å². The first-order chi connectivity index (χ1) is 12.2. The normalized spacial score (nSPS) is 23.4. The Morgan fingerprint density at radius 3 is 2.48 bits per heavy atom. The number of benzene rings is 1. The average molecular weight is 343 g/mol. The third-order valence-corrected chi connectivity index (χ3v) is 4.90. The van der Waals surface area contributed by atoms with Crippen LogP contribution >= 0.6 is 0 Å². The van der Waals surface area contributed by atoms with E-state index in [-0.39, 0.29) is 12.5 Å². The zero-order chi connectivity index (χ0) is 17.6. The van der Waals surface area contributed by atoms with Gasteiger partial charge in [0.25, 0.3) is 0 Å². The number of guanidine groups is 1. The summed E-state index contributed by atoms with van der Waals surface area (Å²) in [6.07, 6.45) is 1.18. The van der Waals surface area contributed by atoms with Crippen LogP contribution in [-0.4, -0.2) is 62.1 Å². The van der Waals surface area contributed by atoms with Gasteiger partial charge in [-0.25, -0.2) is 4.99 Å². The van der Waals surface area contributed by atoms with Crippen LogP contribution in [-0.2, 0) is 4.79 Å². The first-order valence-corrected chi connectivity index (χ1v) is 9.30. The highest BCUT2D eigenvalue weighted by Gasteiger charge is 2.33. The largest absolute Gasteiger partial charge is 0.368 e. The number of carbonyl (C=O) groups is 1. The number of hydrogen-bond donors (Lipinski definition) is 2. The van der Waals surface area contributed by atoms with Gasteiger partial charge in [0.15, 0.2) is 5.96 Å². The summed E-state index contributed by atoms with van der Waals surface area (Å²) < 4.78 is 0. The Morgan fingerprint density at radius 2 is 1.88 bits per heavy atom. The van der Waals surface area contributed by atoms with Gasteiger partial charge in [0, 0.05) is 44.5 Å². The lowest BCUT2D eigenvalue weighted by Crippen LogP contribution is -2.49. The summed E-state index contributed by atoms with van der Waals surface area (Å²) in [5.74, 6) is 1.56. The van der Waals surface area contributed by atoms with Crippen LogP contribution in [0.2, 0.25) is 0 Å². The molecule has 1 saturated heterocycles. The van der Waals surface area contributed by atoms with Crippen LogP contribution in [0.3, 0.4) is 0 Å². The topological polar surface area (TPSA) is 60.0 Å². The van der Waals surface area contributed by atoms with Crippen molar-refractivity contribution in [3.8, 4) is 0 Å². The van der Waals surface area contributed by atoms with Gasteiger partial charge in [-0.1, -0.05) is 25.1 Å². The second-order valence-corrected chi connectivity index (χ2v) is 6.86. The molecule has 6 nitrogen and oxygen atoms in total.